The number of carbonyl (C=O) groups is 2. The second-order valence-electron chi connectivity index (χ2n) is 12.3. The Balaban J connectivity index is 1.47. The number of alkyl halides is 3. The predicted molar refractivity (Wildman–Crippen MR) is 153 cm³/mol. The molecule has 240 valence electrons. The van der Waals surface area contributed by atoms with Crippen LogP contribution in [0.4, 0.5) is 13.2 Å². The topological polar surface area (TPSA) is 147 Å². The molecule has 0 saturated carbocycles. The molecule has 2 amide bonds. The zero-order valence-corrected chi connectivity index (χ0v) is 25.4. The molecule has 2 aromatic rings. The van der Waals surface area contributed by atoms with Gasteiger partial charge in [0.1, 0.15) is 23.6 Å². The quantitative estimate of drug-likeness (QED) is 0.401. The first-order chi connectivity index (χ1) is 21.2. The van der Waals surface area contributed by atoms with Crippen LogP contribution in [0.25, 0.3) is 0 Å². The maximum atomic E-state index is 13.0. The van der Waals surface area contributed by atoms with Crippen molar-refractivity contribution in [2.75, 3.05) is 20.4 Å². The van der Waals surface area contributed by atoms with E-state index in [2.05, 4.69) is 16.3 Å². The summed E-state index contributed by atoms with van der Waals surface area (Å²) < 4.78 is 50.1. The lowest BCUT2D eigenvalue weighted by atomic mass is 9.71. The molecule has 4 heterocycles. The standard InChI is InChI=1S/C31H34F3N5O6/c1-12-6-16-7-18-20(9-35)39-19(24(38(18)5)22(16)26(41)13(12)2)8-17-23(28-27(44-11-45-28)14(3)25(17)40)21(39)10-36-29(42)15(4)37-30(43)31(32,33)34/h6,15,18-21,24,40-41H,7-8,10-11H2,1-5H3,(H,36,42)(H,37,43)/t15-,18+,19?,20-,21-,24+/m0/s1. The number of aromatic hydroxyl groups is 2. The van der Waals surface area contributed by atoms with Crippen molar-refractivity contribution in [2.45, 2.75) is 83.0 Å². The summed E-state index contributed by atoms with van der Waals surface area (Å²) in [4.78, 5) is 28.6. The number of hydrogen-bond acceptors (Lipinski definition) is 9. The highest BCUT2D eigenvalue weighted by atomic mass is 19.4. The van der Waals surface area contributed by atoms with Gasteiger partial charge in [0.05, 0.1) is 18.2 Å². The Hall–Kier alpha value is -4.22. The average Bonchev–Trinajstić information content (AvgIpc) is 3.47. The number of phenolic OH excluding ortho intramolecular Hbond substituents is 2. The summed E-state index contributed by atoms with van der Waals surface area (Å²) >= 11 is 0. The molecule has 0 radical (unpaired) electrons. The van der Waals surface area contributed by atoms with Crippen molar-refractivity contribution in [3.63, 3.8) is 0 Å². The minimum Gasteiger partial charge on any atom is -0.507 e. The molecule has 4 aliphatic heterocycles. The van der Waals surface area contributed by atoms with Gasteiger partial charge in [0.25, 0.3) is 0 Å². The molecule has 0 spiro atoms. The van der Waals surface area contributed by atoms with Crippen molar-refractivity contribution in [1.29, 1.82) is 5.26 Å². The summed E-state index contributed by atoms with van der Waals surface area (Å²) in [5.74, 6) is -2.24. The summed E-state index contributed by atoms with van der Waals surface area (Å²) in [5, 5.41) is 37.9. The van der Waals surface area contributed by atoms with Gasteiger partial charge >= 0.3 is 12.1 Å². The lowest BCUT2D eigenvalue weighted by Gasteiger charge is -2.60. The number of rotatable bonds is 4. The lowest BCUT2D eigenvalue weighted by Crippen LogP contribution is -2.69. The van der Waals surface area contributed by atoms with Crippen molar-refractivity contribution in [2.24, 2.45) is 0 Å². The van der Waals surface area contributed by atoms with Crippen LogP contribution in [-0.4, -0.2) is 82.6 Å². The number of nitrogens with zero attached hydrogens (tertiary/aromatic N) is 3. The highest BCUT2D eigenvalue weighted by molar-refractivity contribution is 5.89. The van der Waals surface area contributed by atoms with Gasteiger partial charge in [-0.25, -0.2) is 0 Å². The van der Waals surface area contributed by atoms with E-state index in [0.29, 0.717) is 34.6 Å². The summed E-state index contributed by atoms with van der Waals surface area (Å²) in [6.45, 7) is 6.33. The fourth-order valence-corrected chi connectivity index (χ4v) is 7.60. The SMILES string of the molecule is Cc1cc2c(c(O)c1C)[C@H]1C3Cc4c(O)c(C)c5c(c4[C@H](CNC(=O)[C@H](C)NC(=O)C(F)(F)F)N3[C@@H](C#N)[C@@H](C2)N1C)OCO5. The third-order valence-electron chi connectivity index (χ3n) is 9.93. The largest absolute Gasteiger partial charge is 0.507 e. The van der Waals surface area contributed by atoms with Crippen LogP contribution in [0.3, 0.4) is 0 Å². The number of nitriles is 1. The Morgan fingerprint density at radius 2 is 1.78 bits per heavy atom. The number of fused-ring (bicyclic) bond motifs is 9. The summed E-state index contributed by atoms with van der Waals surface area (Å²) in [6, 6.07) is 0.326. The Morgan fingerprint density at radius 1 is 1.09 bits per heavy atom. The first-order valence-corrected chi connectivity index (χ1v) is 14.7. The van der Waals surface area contributed by atoms with Gasteiger partial charge in [-0.2, -0.15) is 18.4 Å². The third kappa shape index (κ3) is 4.63. The summed E-state index contributed by atoms with van der Waals surface area (Å²) in [5.41, 5.74) is 4.89. The molecule has 14 heteroatoms. The van der Waals surface area contributed by atoms with Crippen LogP contribution in [0.2, 0.25) is 0 Å². The molecular formula is C31H34F3N5O6. The average molecular weight is 630 g/mol. The number of phenols is 2. The van der Waals surface area contributed by atoms with E-state index in [1.165, 1.54) is 0 Å². The maximum absolute atomic E-state index is 13.0. The molecule has 6 atom stereocenters. The number of likely N-dealkylation sites (N-methyl/N-ethyl adjacent to an activating group) is 1. The van der Waals surface area contributed by atoms with Crippen LogP contribution in [0.15, 0.2) is 6.07 Å². The number of halogens is 3. The fourth-order valence-electron chi connectivity index (χ4n) is 7.60. The maximum Gasteiger partial charge on any atom is 0.471 e. The van der Waals surface area contributed by atoms with Crippen molar-refractivity contribution in [3.05, 3.63) is 45.0 Å². The van der Waals surface area contributed by atoms with E-state index in [-0.39, 0.29) is 37.3 Å². The monoisotopic (exact) mass is 629 g/mol. The molecule has 6 rings (SSSR count). The van der Waals surface area contributed by atoms with E-state index < -0.39 is 48.2 Å². The number of hydrogen-bond donors (Lipinski definition) is 4. The molecule has 0 aliphatic carbocycles. The highest BCUT2D eigenvalue weighted by Gasteiger charge is 2.56. The Morgan fingerprint density at radius 3 is 2.44 bits per heavy atom. The van der Waals surface area contributed by atoms with Crippen LogP contribution >= 0.6 is 0 Å². The van der Waals surface area contributed by atoms with Gasteiger partial charge in [-0.05, 0) is 64.3 Å². The number of carbonyl (C=O) groups excluding carboxylic acids is 2. The van der Waals surface area contributed by atoms with Gasteiger partial charge in [-0.15, -0.1) is 0 Å². The molecule has 1 saturated heterocycles. The first-order valence-electron chi connectivity index (χ1n) is 14.7. The van der Waals surface area contributed by atoms with E-state index >= 15 is 0 Å². The minimum absolute atomic E-state index is 0.0188. The highest BCUT2D eigenvalue weighted by Crippen LogP contribution is 2.57. The number of ether oxygens (including phenoxy) is 2. The lowest BCUT2D eigenvalue weighted by molar-refractivity contribution is -0.174. The zero-order chi connectivity index (χ0) is 32.7. The minimum atomic E-state index is -5.16. The Kier molecular flexibility index (Phi) is 7.32. The second-order valence-corrected chi connectivity index (χ2v) is 12.3. The van der Waals surface area contributed by atoms with Gasteiger partial charge in [-0.3, -0.25) is 19.4 Å². The molecule has 4 aliphatic rings. The van der Waals surface area contributed by atoms with Gasteiger partial charge in [0.2, 0.25) is 12.7 Å². The van der Waals surface area contributed by atoms with Gasteiger partial charge in [-0.1, -0.05) is 6.07 Å². The molecule has 2 aromatic carbocycles. The number of amides is 2. The van der Waals surface area contributed by atoms with Crippen molar-refractivity contribution < 1.29 is 42.4 Å². The number of aryl methyl sites for hydroxylation is 1. The van der Waals surface area contributed by atoms with Gasteiger partial charge in [0.15, 0.2) is 11.5 Å². The molecule has 1 unspecified atom stereocenters. The molecule has 4 N–H and O–H groups in total. The van der Waals surface area contributed by atoms with Crippen molar-refractivity contribution in [3.8, 4) is 29.1 Å². The van der Waals surface area contributed by atoms with Crippen molar-refractivity contribution >= 4 is 11.8 Å². The van der Waals surface area contributed by atoms with Crippen LogP contribution in [-0.2, 0) is 22.4 Å². The molecule has 11 nitrogen and oxygen atoms in total. The fraction of sp³-hybridized carbons (Fsp3) is 0.516. The Bertz CT molecular complexity index is 1660. The van der Waals surface area contributed by atoms with Crippen LogP contribution in [0.1, 0.15) is 58.0 Å². The molecular weight excluding hydrogens is 595 g/mol. The van der Waals surface area contributed by atoms with Gasteiger partial charge < -0.3 is 30.3 Å². The van der Waals surface area contributed by atoms with E-state index in [0.717, 1.165) is 29.2 Å². The first kappa shape index (κ1) is 30.8. The van der Waals surface area contributed by atoms with E-state index in [9.17, 15) is 38.2 Å². The smallest absolute Gasteiger partial charge is 0.471 e. The van der Waals surface area contributed by atoms with Crippen molar-refractivity contribution in [1.82, 2.24) is 20.4 Å². The van der Waals surface area contributed by atoms with Crippen LogP contribution in [0, 0.1) is 32.1 Å². The predicted octanol–water partition coefficient (Wildman–Crippen LogP) is 2.71. The molecule has 2 bridgehead atoms. The number of piperazine rings is 1. The normalized spacial score (nSPS) is 25.8. The van der Waals surface area contributed by atoms with E-state index in [1.54, 1.807) is 12.2 Å². The number of benzene rings is 2. The molecule has 45 heavy (non-hydrogen) atoms. The van der Waals surface area contributed by atoms with E-state index in [1.807, 2.05) is 31.9 Å². The molecule has 1 fully saturated rings. The zero-order valence-electron chi connectivity index (χ0n) is 25.4. The van der Waals surface area contributed by atoms with Crippen LogP contribution < -0.4 is 20.1 Å². The summed E-state index contributed by atoms with van der Waals surface area (Å²) in [7, 11) is 1.91. The van der Waals surface area contributed by atoms with E-state index in [4.69, 9.17) is 9.47 Å². The van der Waals surface area contributed by atoms with Crippen LogP contribution in [0.5, 0.6) is 23.0 Å². The number of nitrogens with one attached hydrogen (secondary N) is 2. The second kappa shape index (κ2) is 10.7. The third-order valence-corrected chi connectivity index (χ3v) is 9.93. The van der Waals surface area contributed by atoms with Gasteiger partial charge in [0, 0.05) is 40.9 Å². The Labute approximate surface area is 257 Å². The summed E-state index contributed by atoms with van der Waals surface area (Å²) in [6.07, 6.45) is -4.41. The molecule has 0 aromatic heterocycles.